The molecular weight excluding hydrogens is 215 g/mol. The first kappa shape index (κ1) is 10.5. The minimum absolute atomic E-state index is 1.65. The van der Waals surface area contributed by atoms with Gasteiger partial charge in [0.25, 0.3) is 0 Å². The molecule has 0 aromatic rings. The van der Waals surface area contributed by atoms with Crippen LogP contribution in [-0.4, -0.2) is 61.4 Å². The molecule has 1 heterocycles. The smallest absolute Gasteiger partial charge is 0.229 e. The summed E-state index contributed by atoms with van der Waals surface area (Å²) in [7, 11) is -2.66. The van der Waals surface area contributed by atoms with Crippen molar-refractivity contribution in [1.29, 1.82) is 0 Å². The first-order chi connectivity index (χ1) is 6.43. The quantitative estimate of drug-likeness (QED) is 0.220. The van der Waals surface area contributed by atoms with E-state index in [1.165, 1.54) is 0 Å². The molecule has 8 heteroatoms. The minimum atomic E-state index is -2.66. The monoisotopic (exact) mass is 226 g/mol. The van der Waals surface area contributed by atoms with Crippen LogP contribution >= 0.6 is 8.03 Å². The molecule has 14 heavy (non-hydrogen) atoms. The van der Waals surface area contributed by atoms with Crippen LogP contribution in [0, 0.1) is 0 Å². The van der Waals surface area contributed by atoms with Crippen molar-refractivity contribution >= 4 is 8.03 Å². The van der Waals surface area contributed by atoms with Gasteiger partial charge in [0.15, 0.2) is 0 Å². The van der Waals surface area contributed by atoms with Crippen LogP contribution in [0.1, 0.15) is 0 Å². The fourth-order valence-corrected chi connectivity index (χ4v) is 3.19. The summed E-state index contributed by atoms with van der Waals surface area (Å²) in [6.07, 6.45) is -8.33. The predicted molar refractivity (Wildman–Crippen MR) is 42.9 cm³/mol. The molecule has 82 valence electrons. The summed E-state index contributed by atoms with van der Waals surface area (Å²) in [6.45, 7) is 0. The van der Waals surface area contributed by atoms with E-state index in [0.717, 1.165) is 0 Å². The summed E-state index contributed by atoms with van der Waals surface area (Å²) in [6, 6.07) is 0. The maximum absolute atomic E-state index is 11.0. The van der Waals surface area contributed by atoms with Crippen molar-refractivity contribution in [1.82, 2.24) is 0 Å². The summed E-state index contributed by atoms with van der Waals surface area (Å²) in [5.74, 6) is 0. The molecule has 1 saturated heterocycles. The Labute approximate surface area is 79.4 Å². The standard InChI is InChI=1S/C6H11O7P/c7-1-2(8)4(10)6(13-14(6)12)5(11)3(1)9/h1-5,7-11,14H. The summed E-state index contributed by atoms with van der Waals surface area (Å²) in [5, 5.41) is 44.7. The third kappa shape index (κ3) is 1.06. The highest BCUT2D eigenvalue weighted by molar-refractivity contribution is 7.47. The number of aliphatic hydroxyl groups excluding tert-OH is 5. The van der Waals surface area contributed by atoms with Crippen molar-refractivity contribution in [3.05, 3.63) is 0 Å². The molecular formula is C6H11O7P. The fraction of sp³-hybridized carbons (Fsp3) is 1.00. The van der Waals surface area contributed by atoms with E-state index < -0.39 is 43.9 Å². The third-order valence-electron chi connectivity index (χ3n) is 2.76. The molecule has 5 N–H and O–H groups in total. The molecule has 0 aromatic carbocycles. The Morgan fingerprint density at radius 1 is 0.929 bits per heavy atom. The van der Waals surface area contributed by atoms with Crippen LogP contribution in [-0.2, 0) is 9.09 Å². The predicted octanol–water partition coefficient (Wildman–Crippen LogP) is -2.99. The lowest BCUT2D eigenvalue weighted by Crippen LogP contribution is -2.64. The summed E-state index contributed by atoms with van der Waals surface area (Å²) in [5.41, 5.74) is 0. The lowest BCUT2D eigenvalue weighted by molar-refractivity contribution is -0.208. The largest absolute Gasteiger partial charge is 0.387 e. The topological polar surface area (TPSA) is 131 Å². The van der Waals surface area contributed by atoms with E-state index in [2.05, 4.69) is 4.52 Å². The number of rotatable bonds is 0. The maximum Gasteiger partial charge on any atom is 0.229 e. The van der Waals surface area contributed by atoms with Gasteiger partial charge in [0.1, 0.15) is 30.5 Å². The van der Waals surface area contributed by atoms with Crippen molar-refractivity contribution in [2.24, 2.45) is 0 Å². The van der Waals surface area contributed by atoms with Crippen LogP contribution in [0.5, 0.6) is 0 Å². The molecule has 1 saturated carbocycles. The highest BCUT2D eigenvalue weighted by Crippen LogP contribution is 2.67. The Bertz CT molecular complexity index is 265. The molecule has 7 nitrogen and oxygen atoms in total. The second-order valence-electron chi connectivity index (χ2n) is 3.54. The van der Waals surface area contributed by atoms with E-state index in [4.69, 9.17) is 5.11 Å². The Kier molecular flexibility index (Phi) is 2.24. The van der Waals surface area contributed by atoms with Crippen LogP contribution in [0.25, 0.3) is 0 Å². The van der Waals surface area contributed by atoms with Crippen LogP contribution in [0.2, 0.25) is 0 Å². The second kappa shape index (κ2) is 2.99. The molecule has 0 bridgehead atoms. The average Bonchev–Trinajstić information content (AvgIpc) is 2.83. The highest BCUT2D eigenvalue weighted by Gasteiger charge is 2.72. The zero-order valence-corrected chi connectivity index (χ0v) is 7.94. The normalized spacial score (nSPS) is 62.9. The van der Waals surface area contributed by atoms with Crippen molar-refractivity contribution in [2.45, 2.75) is 35.9 Å². The van der Waals surface area contributed by atoms with E-state index in [1.54, 1.807) is 0 Å². The number of aliphatic hydroxyl groups is 5. The molecule has 0 radical (unpaired) electrons. The van der Waals surface area contributed by atoms with Gasteiger partial charge >= 0.3 is 0 Å². The van der Waals surface area contributed by atoms with Gasteiger partial charge in [0.2, 0.25) is 13.4 Å². The van der Waals surface area contributed by atoms with Gasteiger partial charge in [0.05, 0.1) is 0 Å². The Hall–Kier alpha value is -0.0100. The van der Waals surface area contributed by atoms with Crippen LogP contribution in [0.15, 0.2) is 0 Å². The minimum Gasteiger partial charge on any atom is -0.387 e. The van der Waals surface area contributed by atoms with Gasteiger partial charge in [-0.05, 0) is 0 Å². The molecule has 1 spiro atoms. The van der Waals surface area contributed by atoms with E-state index >= 15 is 0 Å². The van der Waals surface area contributed by atoms with E-state index in [1.807, 2.05) is 0 Å². The Balaban J connectivity index is 2.32. The first-order valence-corrected chi connectivity index (χ1v) is 5.38. The van der Waals surface area contributed by atoms with Gasteiger partial charge < -0.3 is 30.1 Å². The average molecular weight is 226 g/mol. The summed E-state index contributed by atoms with van der Waals surface area (Å²) < 4.78 is 15.6. The van der Waals surface area contributed by atoms with Crippen molar-refractivity contribution in [3.63, 3.8) is 0 Å². The Morgan fingerprint density at radius 3 is 1.57 bits per heavy atom. The molecule has 1 aliphatic carbocycles. The van der Waals surface area contributed by atoms with E-state index in [0.29, 0.717) is 0 Å². The van der Waals surface area contributed by atoms with Gasteiger partial charge in [0, 0.05) is 0 Å². The molecule has 2 aliphatic rings. The molecule has 0 aromatic heterocycles. The Morgan fingerprint density at radius 2 is 1.29 bits per heavy atom. The van der Waals surface area contributed by atoms with E-state index in [9.17, 15) is 25.0 Å². The number of hydrogen-bond acceptors (Lipinski definition) is 7. The molecule has 1 aliphatic heterocycles. The summed E-state index contributed by atoms with van der Waals surface area (Å²) in [4.78, 5) is 0. The second-order valence-corrected chi connectivity index (χ2v) is 5.10. The van der Waals surface area contributed by atoms with Gasteiger partial charge in [-0.2, -0.15) is 0 Å². The van der Waals surface area contributed by atoms with E-state index in [-0.39, 0.29) is 0 Å². The lowest BCUT2D eigenvalue weighted by atomic mass is 9.84. The molecule has 5 atom stereocenters. The van der Waals surface area contributed by atoms with Crippen LogP contribution in [0.3, 0.4) is 0 Å². The summed E-state index contributed by atoms with van der Waals surface area (Å²) >= 11 is 0. The van der Waals surface area contributed by atoms with Crippen molar-refractivity contribution < 1.29 is 34.6 Å². The van der Waals surface area contributed by atoms with Gasteiger partial charge in [-0.15, -0.1) is 0 Å². The zero-order chi connectivity index (χ0) is 10.7. The van der Waals surface area contributed by atoms with Gasteiger partial charge in [-0.25, -0.2) is 0 Å². The van der Waals surface area contributed by atoms with Crippen LogP contribution in [0.4, 0.5) is 0 Å². The lowest BCUT2D eigenvalue weighted by Gasteiger charge is -2.39. The first-order valence-electron chi connectivity index (χ1n) is 4.06. The highest BCUT2D eigenvalue weighted by atomic mass is 31.1. The number of hydrogen-bond donors (Lipinski definition) is 5. The van der Waals surface area contributed by atoms with Gasteiger partial charge in [-0.1, -0.05) is 0 Å². The molecule has 2 rings (SSSR count). The van der Waals surface area contributed by atoms with Gasteiger partial charge in [-0.3, -0.25) is 4.57 Å². The fourth-order valence-electron chi connectivity index (χ4n) is 1.75. The van der Waals surface area contributed by atoms with Crippen molar-refractivity contribution in [2.75, 3.05) is 0 Å². The van der Waals surface area contributed by atoms with Crippen molar-refractivity contribution in [3.8, 4) is 0 Å². The van der Waals surface area contributed by atoms with Crippen LogP contribution < -0.4 is 0 Å². The zero-order valence-electron chi connectivity index (χ0n) is 6.94. The molecule has 5 unspecified atom stereocenters. The maximum atomic E-state index is 11.0. The molecule has 2 fully saturated rings. The SMILES string of the molecule is O=[PH]1OC12C(O)C(O)C(O)C(O)C2O. The molecule has 0 amide bonds. The third-order valence-corrected chi connectivity index (χ3v) is 4.43.